The van der Waals surface area contributed by atoms with Crippen molar-refractivity contribution in [2.24, 2.45) is 0 Å². The van der Waals surface area contributed by atoms with Gasteiger partial charge in [0.2, 0.25) is 0 Å². The van der Waals surface area contributed by atoms with Crippen LogP contribution in [0.15, 0.2) is 506 Å². The fourth-order valence-electron chi connectivity index (χ4n) is 20.2. The molecule has 0 spiro atoms. The summed E-state index contributed by atoms with van der Waals surface area (Å²) in [5.74, 6) is 0. The van der Waals surface area contributed by atoms with Gasteiger partial charge in [-0.05, 0) is 251 Å². The molecule has 28 aromatic rings. The van der Waals surface area contributed by atoms with E-state index in [9.17, 15) is 0 Å². The molecule has 0 amide bonds. The Labute approximate surface area is 819 Å². The maximum absolute atomic E-state index is 6.54. The van der Waals surface area contributed by atoms with Crippen LogP contribution in [0.5, 0.6) is 0 Å². The van der Waals surface area contributed by atoms with Crippen molar-refractivity contribution < 1.29 is 8.83 Å². The van der Waals surface area contributed by atoms with Crippen molar-refractivity contribution in [3.8, 4) is 16.8 Å². The highest BCUT2D eigenvalue weighted by Gasteiger charge is 2.25. The summed E-state index contributed by atoms with van der Waals surface area (Å²) >= 11 is 5.55. The third kappa shape index (κ3) is 15.4. The van der Waals surface area contributed by atoms with Gasteiger partial charge in [0.15, 0.2) is 11.2 Å². The van der Waals surface area contributed by atoms with Crippen molar-refractivity contribution in [3.05, 3.63) is 497 Å². The standard InChI is InChI=1S/C50H33N3S.C42H28N2OS.C36H24N2OS/c1-3-14-38(15-4-1)52(41-25-28-49-46(32-41)44-26-19-33-11-9-10-18-42(33)50(44)54-49)40-23-20-36(21-24-40)51-37-22-27-43-45-29-34-12-7-8-13-35(34)30-47(45)53(48(43)31-37)39-16-5-2-6-17-39;1-2-10-28(11-3-1)29-20-23-32(24-21-29)44(38-17-9-16-37-34-14-4-6-18-39(34)45-42(37)38)33-13-8-12-30(26-33)43-31-22-25-36-35-15-5-7-19-40(35)46-41(36)27-31;1-2-11-26(12-3-1)38(32-17-9-16-30-28-14-4-6-18-33(28)39-36(30)32)27-13-8-10-24(22-27)37-25-20-21-35-31(23-25)29-15-5-7-19-34(29)40-35/h1-32,51H;1-27,43H;1-23,37H. The Hall–Kier alpha value is -17.8. The smallest absolute Gasteiger partial charge is 0.159 e. The van der Waals surface area contributed by atoms with Crippen LogP contribution in [0.2, 0.25) is 0 Å². The van der Waals surface area contributed by atoms with Gasteiger partial charge in [-0.15, -0.1) is 34.0 Å². The van der Waals surface area contributed by atoms with E-state index in [-0.39, 0.29) is 0 Å². The molecule has 0 fully saturated rings. The number of para-hydroxylation sites is 7. The minimum atomic E-state index is 0.865. The average molecular weight is 1850 g/mol. The molecule has 0 atom stereocenters. The predicted molar refractivity (Wildman–Crippen MR) is 601 cm³/mol. The summed E-state index contributed by atoms with van der Waals surface area (Å²) in [6, 6.07) is 177. The number of hydrogen-bond acceptors (Lipinski definition) is 11. The second-order valence-corrected chi connectivity index (χ2v) is 38.5. The first-order valence-electron chi connectivity index (χ1n) is 47.1. The Morgan fingerprint density at radius 2 is 0.586 bits per heavy atom. The molecule has 12 heteroatoms. The number of fused-ring (bicyclic) bond motifs is 21. The lowest BCUT2D eigenvalue weighted by molar-refractivity contribution is 0.668. The molecule has 22 aromatic carbocycles. The molecule has 28 rings (SSSR count). The van der Waals surface area contributed by atoms with Crippen LogP contribution >= 0.6 is 34.0 Å². The van der Waals surface area contributed by atoms with Gasteiger partial charge in [-0.1, -0.05) is 279 Å². The number of nitrogens with one attached hydrogen (secondary N) is 3. The lowest BCUT2D eigenvalue weighted by Gasteiger charge is -2.26. The summed E-state index contributed by atoms with van der Waals surface area (Å²) in [5.41, 5.74) is 25.2. The SMILES string of the molecule is c1ccc(-c2ccc(N(c3cccc(Nc4ccc5c(c4)sc4ccccc45)c3)c3cccc4c3oc3ccccc34)cc2)cc1.c1ccc(N(c2ccc(Nc3ccc4c5cc6ccccc6cc5n(-c5ccccc5)c4c3)cc2)c2ccc3sc4c5ccccc5ccc4c3c2)cc1.c1ccc(N(c2cccc(Nc3ccc4sc5ccccc5c4c3)c2)c2cccc3c2oc2ccccc23)cc1. The second kappa shape index (κ2) is 35.5. The molecule has 6 heterocycles. The van der Waals surface area contributed by atoms with Crippen LogP contribution in [0.25, 0.3) is 165 Å². The van der Waals surface area contributed by atoms with E-state index in [1.54, 1.807) is 0 Å². The summed E-state index contributed by atoms with van der Waals surface area (Å²) in [6.07, 6.45) is 0. The lowest BCUT2D eigenvalue weighted by Crippen LogP contribution is -2.10. The van der Waals surface area contributed by atoms with Gasteiger partial charge in [-0.25, -0.2) is 0 Å². The molecule has 140 heavy (non-hydrogen) atoms. The molecule has 0 aliphatic carbocycles. The monoisotopic (exact) mass is 1850 g/mol. The molecule has 0 saturated heterocycles. The highest BCUT2D eigenvalue weighted by molar-refractivity contribution is 7.27. The van der Waals surface area contributed by atoms with E-state index >= 15 is 0 Å². The number of aromatic nitrogens is 1. The van der Waals surface area contributed by atoms with Gasteiger partial charge in [-0.2, -0.15) is 0 Å². The van der Waals surface area contributed by atoms with Crippen LogP contribution in [0.1, 0.15) is 0 Å². The maximum atomic E-state index is 6.54. The summed E-state index contributed by atoms with van der Waals surface area (Å²) in [5, 5.41) is 30.9. The normalized spacial score (nSPS) is 11.6. The highest BCUT2D eigenvalue weighted by atomic mass is 32.1. The molecule has 0 unspecified atom stereocenters. The minimum absolute atomic E-state index is 0.865. The Kier molecular flexibility index (Phi) is 21.0. The molecule has 0 aliphatic heterocycles. The summed E-state index contributed by atoms with van der Waals surface area (Å²) in [4.78, 5) is 6.91. The number of rotatable bonds is 17. The van der Waals surface area contributed by atoms with E-state index in [0.717, 1.165) is 135 Å². The first-order chi connectivity index (χ1) is 69.3. The largest absolute Gasteiger partial charge is 0.454 e. The summed E-state index contributed by atoms with van der Waals surface area (Å²) < 4.78 is 23.2. The average Bonchev–Trinajstić information content (AvgIpc) is 1.58. The van der Waals surface area contributed by atoms with Gasteiger partial charge in [0.05, 0.1) is 22.4 Å². The first-order valence-corrected chi connectivity index (χ1v) is 49.6. The van der Waals surface area contributed by atoms with Crippen molar-refractivity contribution in [1.29, 1.82) is 0 Å². The number of thiophene rings is 3. The van der Waals surface area contributed by atoms with Gasteiger partial charge < -0.3 is 44.1 Å². The number of nitrogens with zero attached hydrogens (tertiary/aromatic N) is 4. The first kappa shape index (κ1) is 82.9. The number of benzene rings is 22. The Bertz CT molecular complexity index is 9590. The fraction of sp³-hybridized carbons (Fsp3) is 0. The van der Waals surface area contributed by atoms with Crippen molar-refractivity contribution in [1.82, 2.24) is 4.57 Å². The molecule has 0 radical (unpaired) electrons. The zero-order valence-corrected chi connectivity index (χ0v) is 78.1. The second-order valence-electron chi connectivity index (χ2n) is 35.3. The van der Waals surface area contributed by atoms with Crippen molar-refractivity contribution in [3.63, 3.8) is 0 Å². The topological polar surface area (TPSA) is 77.0 Å². The van der Waals surface area contributed by atoms with Gasteiger partial charge in [-0.3, -0.25) is 0 Å². The van der Waals surface area contributed by atoms with Crippen LogP contribution in [0, 0.1) is 0 Å². The van der Waals surface area contributed by atoms with Crippen LogP contribution in [-0.2, 0) is 0 Å². The van der Waals surface area contributed by atoms with Gasteiger partial charge in [0.1, 0.15) is 11.2 Å². The molecule has 6 aromatic heterocycles. The van der Waals surface area contributed by atoms with Crippen LogP contribution in [0.3, 0.4) is 0 Å². The van der Waals surface area contributed by atoms with E-state index in [0.29, 0.717) is 0 Å². The molecular weight excluding hydrogens is 1760 g/mol. The van der Waals surface area contributed by atoms with Crippen LogP contribution in [-0.4, -0.2) is 4.57 Å². The fourth-order valence-corrected chi connectivity index (χ4v) is 23.7. The van der Waals surface area contributed by atoms with E-state index in [1.807, 2.05) is 64.3 Å². The Balaban J connectivity index is 0.000000109. The maximum Gasteiger partial charge on any atom is 0.159 e. The molecule has 3 N–H and O–H groups in total. The third-order valence-electron chi connectivity index (χ3n) is 26.7. The third-order valence-corrected chi connectivity index (χ3v) is 30.2. The van der Waals surface area contributed by atoms with Crippen LogP contribution in [0.4, 0.5) is 85.3 Å². The molecule has 0 saturated carbocycles. The molecule has 0 aliphatic rings. The highest BCUT2D eigenvalue weighted by Crippen LogP contribution is 2.50. The molecule has 9 nitrogen and oxygen atoms in total. The van der Waals surface area contributed by atoms with E-state index < -0.39 is 0 Å². The quantitative estimate of drug-likeness (QED) is 0.0833. The lowest BCUT2D eigenvalue weighted by atomic mass is 10.0. The van der Waals surface area contributed by atoms with Crippen molar-refractivity contribution in [2.75, 3.05) is 30.7 Å². The minimum Gasteiger partial charge on any atom is -0.454 e. The molecule has 662 valence electrons. The van der Waals surface area contributed by atoms with E-state index in [2.05, 4.69) is 502 Å². The van der Waals surface area contributed by atoms with Gasteiger partial charge in [0.25, 0.3) is 0 Å². The number of furan rings is 2. The predicted octanol–water partition coefficient (Wildman–Crippen LogP) is 38.7. The van der Waals surface area contributed by atoms with Gasteiger partial charge >= 0.3 is 0 Å². The van der Waals surface area contributed by atoms with Gasteiger partial charge in [0, 0.05) is 172 Å². The molecular formula is C128H85N7O2S3. The molecule has 0 bridgehead atoms. The van der Waals surface area contributed by atoms with E-state index in [4.69, 9.17) is 8.83 Å². The summed E-state index contributed by atoms with van der Waals surface area (Å²) in [7, 11) is 0. The Morgan fingerprint density at radius 1 is 0.193 bits per heavy atom. The zero-order valence-electron chi connectivity index (χ0n) is 75.7. The Morgan fingerprint density at radius 3 is 1.24 bits per heavy atom. The number of hydrogen-bond donors (Lipinski definition) is 3. The zero-order chi connectivity index (χ0) is 92.5. The van der Waals surface area contributed by atoms with E-state index in [1.165, 1.54) is 115 Å². The van der Waals surface area contributed by atoms with Crippen molar-refractivity contribution in [2.45, 2.75) is 0 Å². The van der Waals surface area contributed by atoms with Crippen LogP contribution < -0.4 is 30.7 Å². The number of anilines is 15. The summed E-state index contributed by atoms with van der Waals surface area (Å²) in [6.45, 7) is 0. The van der Waals surface area contributed by atoms with Crippen molar-refractivity contribution >= 4 is 267 Å².